The molecular formula is C23H35BrF2N2O3Si2. The lowest BCUT2D eigenvalue weighted by molar-refractivity contribution is 0.0810. The third-order valence-electron chi connectivity index (χ3n) is 5.92. The fourth-order valence-corrected chi connectivity index (χ4v) is 4.66. The third-order valence-corrected chi connectivity index (χ3v) is 12.7. The number of ether oxygens (including phenoxy) is 1. The fourth-order valence-electron chi connectivity index (χ4n) is 2.65. The Labute approximate surface area is 206 Å². The smallest absolute Gasteiger partial charge is 0.231 e. The normalized spacial score (nSPS) is 12.9. The minimum Gasteiger partial charge on any atom is -0.411 e. The lowest BCUT2D eigenvalue weighted by Crippen LogP contribution is -2.40. The van der Waals surface area contributed by atoms with E-state index >= 15 is 0 Å². The Morgan fingerprint density at radius 3 is 2.33 bits per heavy atom. The first kappa shape index (κ1) is 28.0. The molecule has 33 heavy (non-hydrogen) atoms. The summed E-state index contributed by atoms with van der Waals surface area (Å²) >= 11 is 2.94. The van der Waals surface area contributed by atoms with E-state index in [2.05, 4.69) is 74.4 Å². The predicted octanol–water partition coefficient (Wildman–Crippen LogP) is 6.99. The van der Waals surface area contributed by atoms with Gasteiger partial charge in [0.05, 0.1) is 22.3 Å². The highest BCUT2D eigenvalue weighted by Gasteiger charge is 2.37. The number of nitrogens with zero attached hydrogens (tertiary/aromatic N) is 2. The molecule has 0 saturated carbocycles. The summed E-state index contributed by atoms with van der Waals surface area (Å²) in [6, 6.07) is 3.53. The number of imidazole rings is 1. The Morgan fingerprint density at radius 2 is 1.76 bits per heavy atom. The first-order valence-electron chi connectivity index (χ1n) is 11.0. The number of rotatable bonds is 10. The van der Waals surface area contributed by atoms with E-state index in [1.165, 1.54) is 12.1 Å². The number of carbonyl (C=O) groups is 1. The van der Waals surface area contributed by atoms with Crippen molar-refractivity contribution in [3.05, 3.63) is 51.5 Å². The average molecular weight is 562 g/mol. The second kappa shape index (κ2) is 10.6. The first-order valence-corrected chi connectivity index (χ1v) is 18.4. The van der Waals surface area contributed by atoms with E-state index in [9.17, 15) is 13.6 Å². The molecule has 0 aliphatic carbocycles. The van der Waals surface area contributed by atoms with Crippen LogP contribution in [0.4, 0.5) is 8.78 Å². The lowest BCUT2D eigenvalue weighted by Gasteiger charge is -2.35. The standard InChI is InChI=1S/C23H35BrF2N2O3Si2/c1-23(2,3)33(7,8)31-14-16-13-28(15-30-11-12-32(4,5)6)22(27-16)21(29)17-9-10-18(24)20(26)19(17)25/h9-10,13H,11-12,14-15H2,1-8H3. The molecule has 2 rings (SSSR count). The van der Waals surface area contributed by atoms with Gasteiger partial charge in [-0.05, 0) is 52.2 Å². The molecule has 1 heterocycles. The largest absolute Gasteiger partial charge is 0.411 e. The summed E-state index contributed by atoms with van der Waals surface area (Å²) in [5.41, 5.74) is 0.177. The van der Waals surface area contributed by atoms with Crippen molar-refractivity contribution in [2.45, 2.75) is 77.9 Å². The molecule has 0 unspecified atom stereocenters. The summed E-state index contributed by atoms with van der Waals surface area (Å²) in [4.78, 5) is 17.6. The van der Waals surface area contributed by atoms with E-state index < -0.39 is 33.8 Å². The van der Waals surface area contributed by atoms with E-state index in [1.54, 1.807) is 10.8 Å². The average Bonchev–Trinajstić information content (AvgIpc) is 3.09. The summed E-state index contributed by atoms with van der Waals surface area (Å²) < 4.78 is 42.1. The molecular weight excluding hydrogens is 526 g/mol. The Hall–Kier alpha value is -1.21. The quantitative estimate of drug-likeness (QED) is 0.136. The number of carbonyl (C=O) groups excluding carboxylic acids is 1. The molecule has 0 fully saturated rings. The van der Waals surface area contributed by atoms with Crippen LogP contribution in [0.5, 0.6) is 0 Å². The molecule has 0 amide bonds. The van der Waals surface area contributed by atoms with Gasteiger partial charge in [0, 0.05) is 20.9 Å². The molecule has 0 aliphatic rings. The van der Waals surface area contributed by atoms with Gasteiger partial charge < -0.3 is 13.7 Å². The van der Waals surface area contributed by atoms with Gasteiger partial charge in [0.25, 0.3) is 0 Å². The Balaban J connectivity index is 2.32. The summed E-state index contributed by atoms with van der Waals surface area (Å²) in [5.74, 6) is -3.02. The topological polar surface area (TPSA) is 53.4 Å². The molecule has 2 aromatic rings. The molecule has 0 saturated heterocycles. The van der Waals surface area contributed by atoms with E-state index in [-0.39, 0.29) is 34.2 Å². The van der Waals surface area contributed by atoms with Gasteiger partial charge in [0.15, 0.2) is 25.8 Å². The first-order chi connectivity index (χ1) is 15.0. The zero-order valence-electron chi connectivity index (χ0n) is 20.8. The highest BCUT2D eigenvalue weighted by atomic mass is 79.9. The summed E-state index contributed by atoms with van der Waals surface area (Å²) in [7, 11) is -3.31. The van der Waals surface area contributed by atoms with Gasteiger partial charge in [-0.3, -0.25) is 4.79 Å². The Morgan fingerprint density at radius 1 is 1.12 bits per heavy atom. The van der Waals surface area contributed by atoms with Crippen molar-refractivity contribution in [3.63, 3.8) is 0 Å². The van der Waals surface area contributed by atoms with Crippen LogP contribution in [0.2, 0.25) is 43.8 Å². The van der Waals surface area contributed by atoms with E-state index in [0.717, 1.165) is 6.04 Å². The number of hydrogen-bond donors (Lipinski definition) is 0. The van der Waals surface area contributed by atoms with Crippen molar-refractivity contribution in [1.29, 1.82) is 0 Å². The molecule has 5 nitrogen and oxygen atoms in total. The Kier molecular flexibility index (Phi) is 9.00. The van der Waals surface area contributed by atoms with Crippen LogP contribution in [0, 0.1) is 11.6 Å². The molecule has 0 bridgehead atoms. The zero-order valence-corrected chi connectivity index (χ0v) is 24.4. The van der Waals surface area contributed by atoms with Crippen LogP contribution < -0.4 is 0 Å². The molecule has 1 aromatic heterocycles. The van der Waals surface area contributed by atoms with Crippen molar-refractivity contribution in [3.8, 4) is 0 Å². The number of ketones is 1. The van der Waals surface area contributed by atoms with Crippen LogP contribution in [-0.2, 0) is 22.5 Å². The van der Waals surface area contributed by atoms with Gasteiger partial charge in [-0.2, -0.15) is 0 Å². The summed E-state index contributed by atoms with van der Waals surface area (Å²) in [6.45, 7) is 18.3. The molecule has 1 aromatic carbocycles. The highest BCUT2D eigenvalue weighted by molar-refractivity contribution is 9.10. The fraction of sp³-hybridized carbons (Fsp3) is 0.565. The second-order valence-electron chi connectivity index (χ2n) is 11.0. The lowest BCUT2D eigenvalue weighted by atomic mass is 10.1. The van der Waals surface area contributed by atoms with Crippen molar-refractivity contribution in [1.82, 2.24) is 9.55 Å². The molecule has 0 spiro atoms. The minimum atomic E-state index is -2.04. The third kappa shape index (κ3) is 7.39. The van der Waals surface area contributed by atoms with Crippen molar-refractivity contribution < 1.29 is 22.7 Å². The SMILES string of the molecule is CC(C)(C)[Si](C)(C)OCc1cn(COCC[Si](C)(C)C)c(C(=O)c2ccc(Br)c(F)c2F)n1. The van der Waals surface area contributed by atoms with Gasteiger partial charge in [0.1, 0.15) is 6.73 Å². The maximum atomic E-state index is 14.5. The summed E-state index contributed by atoms with van der Waals surface area (Å²) in [5, 5.41) is 0.0201. The predicted molar refractivity (Wildman–Crippen MR) is 136 cm³/mol. The van der Waals surface area contributed by atoms with Crippen LogP contribution in [0.25, 0.3) is 0 Å². The minimum absolute atomic E-state index is 0.00235. The van der Waals surface area contributed by atoms with Crippen molar-refractivity contribution in [2.24, 2.45) is 0 Å². The molecule has 184 valence electrons. The number of hydrogen-bond acceptors (Lipinski definition) is 4. The maximum Gasteiger partial charge on any atom is 0.231 e. The van der Waals surface area contributed by atoms with Gasteiger partial charge in [0.2, 0.25) is 5.78 Å². The van der Waals surface area contributed by atoms with Crippen LogP contribution in [-0.4, -0.2) is 38.3 Å². The van der Waals surface area contributed by atoms with E-state index in [4.69, 9.17) is 9.16 Å². The van der Waals surface area contributed by atoms with Crippen molar-refractivity contribution in [2.75, 3.05) is 6.61 Å². The van der Waals surface area contributed by atoms with Crippen LogP contribution >= 0.6 is 15.9 Å². The summed E-state index contributed by atoms with van der Waals surface area (Å²) in [6.07, 6.45) is 1.70. The maximum absolute atomic E-state index is 14.5. The monoisotopic (exact) mass is 560 g/mol. The molecule has 10 heteroatoms. The Bertz CT molecular complexity index is 999. The molecule has 0 aliphatic heterocycles. The van der Waals surface area contributed by atoms with E-state index in [0.29, 0.717) is 12.3 Å². The van der Waals surface area contributed by atoms with Crippen molar-refractivity contribution >= 4 is 38.1 Å². The number of aromatic nitrogens is 2. The zero-order chi connectivity index (χ0) is 25.2. The molecule has 0 radical (unpaired) electrons. The van der Waals surface area contributed by atoms with Gasteiger partial charge >= 0.3 is 0 Å². The highest BCUT2D eigenvalue weighted by Crippen LogP contribution is 2.37. The van der Waals surface area contributed by atoms with Gasteiger partial charge in [-0.25, -0.2) is 13.8 Å². The van der Waals surface area contributed by atoms with Crippen LogP contribution in [0.3, 0.4) is 0 Å². The number of benzene rings is 1. The van der Waals surface area contributed by atoms with Gasteiger partial charge in [-0.15, -0.1) is 0 Å². The van der Waals surface area contributed by atoms with E-state index in [1.807, 2.05) is 0 Å². The van der Waals surface area contributed by atoms with Gasteiger partial charge in [-0.1, -0.05) is 40.4 Å². The second-order valence-corrected chi connectivity index (χ2v) is 22.3. The molecule has 0 atom stereocenters. The van der Waals surface area contributed by atoms with Crippen LogP contribution in [0.15, 0.2) is 22.8 Å². The molecule has 0 N–H and O–H groups in total. The van der Waals surface area contributed by atoms with Crippen LogP contribution in [0.1, 0.15) is 42.6 Å². The number of halogens is 3.